The van der Waals surface area contributed by atoms with Crippen molar-refractivity contribution >= 4 is 0 Å². The average Bonchev–Trinajstić information content (AvgIpc) is 2.62. The van der Waals surface area contributed by atoms with Gasteiger partial charge in [0.2, 0.25) is 0 Å². The molecule has 1 aliphatic heterocycles. The highest BCUT2D eigenvalue weighted by atomic mass is 16.5. The van der Waals surface area contributed by atoms with Crippen molar-refractivity contribution in [3.05, 3.63) is 17.3 Å². The number of aryl methyl sites for hydroxylation is 1. The van der Waals surface area contributed by atoms with E-state index in [1.54, 1.807) is 0 Å². The van der Waals surface area contributed by atoms with E-state index in [0.717, 1.165) is 31.9 Å². The van der Waals surface area contributed by atoms with Gasteiger partial charge in [-0.2, -0.15) is 0 Å². The van der Waals surface area contributed by atoms with Crippen LogP contribution in [0.15, 0.2) is 6.07 Å². The highest BCUT2D eigenvalue weighted by Gasteiger charge is 2.44. The molecule has 0 spiro atoms. The molecule has 0 bridgehead atoms. The maximum atomic E-state index is 6.16. The van der Waals surface area contributed by atoms with Crippen LogP contribution in [0.25, 0.3) is 0 Å². The predicted molar refractivity (Wildman–Crippen MR) is 49.8 cm³/mol. The second kappa shape index (κ2) is 2.10. The number of ether oxygens (including phenoxy) is 1. The van der Waals surface area contributed by atoms with Crippen molar-refractivity contribution in [1.29, 1.82) is 0 Å². The normalized spacial score (nSPS) is 22.6. The quantitative estimate of drug-likeness (QED) is 0.700. The fourth-order valence-corrected chi connectivity index (χ4v) is 2.08. The van der Waals surface area contributed by atoms with Gasteiger partial charge in [0.05, 0.1) is 6.54 Å². The molecule has 1 aliphatic carbocycles. The molecule has 0 radical (unpaired) electrons. The minimum absolute atomic E-state index is 0.0598. The Bertz CT molecular complexity index is 363. The molecule has 1 saturated carbocycles. The lowest BCUT2D eigenvalue weighted by atomic mass is 10.1. The van der Waals surface area contributed by atoms with E-state index in [-0.39, 0.29) is 5.54 Å². The summed E-state index contributed by atoms with van der Waals surface area (Å²) in [5, 5.41) is 0. The maximum absolute atomic E-state index is 6.16. The van der Waals surface area contributed by atoms with E-state index >= 15 is 0 Å². The maximum Gasteiger partial charge on any atom is 0.199 e. The lowest BCUT2D eigenvalue weighted by Crippen LogP contribution is -2.18. The highest BCUT2D eigenvalue weighted by molar-refractivity contribution is 5.43. The third kappa shape index (κ3) is 0.879. The van der Waals surface area contributed by atoms with Crippen LogP contribution in [0.1, 0.15) is 24.1 Å². The summed E-state index contributed by atoms with van der Waals surface area (Å²) in [5.41, 5.74) is 8.60. The molecule has 1 aromatic heterocycles. The fraction of sp³-hybridized carbons (Fsp3) is 0.600. The summed E-state index contributed by atoms with van der Waals surface area (Å²) in [6, 6.07) is 2.18. The number of fused-ring (bicyclic) bond motifs is 1. The Morgan fingerprint density at radius 1 is 1.54 bits per heavy atom. The average molecular weight is 178 g/mol. The minimum atomic E-state index is -0.0598. The van der Waals surface area contributed by atoms with Crippen LogP contribution in [-0.2, 0) is 12.1 Å². The first-order valence-electron chi connectivity index (χ1n) is 4.83. The first-order chi connectivity index (χ1) is 6.21. The van der Waals surface area contributed by atoms with Crippen LogP contribution in [0.2, 0.25) is 0 Å². The monoisotopic (exact) mass is 178 g/mol. The van der Waals surface area contributed by atoms with Crippen LogP contribution in [0.3, 0.4) is 0 Å². The van der Waals surface area contributed by atoms with Crippen molar-refractivity contribution in [2.75, 3.05) is 6.61 Å². The van der Waals surface area contributed by atoms with Crippen molar-refractivity contribution in [1.82, 2.24) is 4.57 Å². The van der Waals surface area contributed by atoms with Crippen molar-refractivity contribution < 1.29 is 4.74 Å². The molecule has 3 heteroatoms. The summed E-state index contributed by atoms with van der Waals surface area (Å²) < 4.78 is 7.82. The van der Waals surface area contributed by atoms with Gasteiger partial charge in [-0.1, -0.05) is 0 Å². The lowest BCUT2D eigenvalue weighted by Gasteiger charge is -2.07. The molecule has 3 rings (SSSR count). The molecule has 13 heavy (non-hydrogen) atoms. The molecule has 3 nitrogen and oxygen atoms in total. The van der Waals surface area contributed by atoms with Crippen molar-refractivity contribution in [2.45, 2.75) is 31.8 Å². The summed E-state index contributed by atoms with van der Waals surface area (Å²) in [6.45, 7) is 3.91. The highest BCUT2D eigenvalue weighted by Crippen LogP contribution is 2.48. The van der Waals surface area contributed by atoms with Crippen molar-refractivity contribution in [3.63, 3.8) is 0 Å². The number of hydrogen-bond donors (Lipinski definition) is 1. The third-order valence-corrected chi connectivity index (χ3v) is 3.13. The van der Waals surface area contributed by atoms with Crippen molar-refractivity contribution in [2.24, 2.45) is 5.73 Å². The Kier molecular flexibility index (Phi) is 1.20. The topological polar surface area (TPSA) is 40.2 Å². The van der Waals surface area contributed by atoms with Crippen LogP contribution in [-0.4, -0.2) is 11.2 Å². The van der Waals surface area contributed by atoms with Crippen molar-refractivity contribution in [3.8, 4) is 5.88 Å². The van der Waals surface area contributed by atoms with Gasteiger partial charge in [0.1, 0.15) is 6.61 Å². The van der Waals surface area contributed by atoms with Crippen LogP contribution in [0.5, 0.6) is 5.88 Å². The van der Waals surface area contributed by atoms with Gasteiger partial charge in [-0.25, -0.2) is 0 Å². The third-order valence-electron chi connectivity index (χ3n) is 3.13. The zero-order chi connectivity index (χ0) is 9.05. The number of nitrogens with zero attached hydrogens (tertiary/aromatic N) is 1. The van der Waals surface area contributed by atoms with Crippen LogP contribution < -0.4 is 10.5 Å². The lowest BCUT2D eigenvalue weighted by molar-refractivity contribution is 0.350. The van der Waals surface area contributed by atoms with E-state index in [1.165, 1.54) is 11.3 Å². The van der Waals surface area contributed by atoms with E-state index in [1.807, 2.05) is 0 Å². The SMILES string of the molecule is Cc1cc(C2(N)CC2)c2n1CCO2. The molecular weight excluding hydrogens is 164 g/mol. The molecular formula is C10H14N2O. The van der Waals surface area contributed by atoms with E-state index in [4.69, 9.17) is 10.5 Å². The van der Waals surface area contributed by atoms with E-state index in [9.17, 15) is 0 Å². The molecule has 2 heterocycles. The predicted octanol–water partition coefficient (Wildman–Crippen LogP) is 1.14. The van der Waals surface area contributed by atoms with E-state index in [0.29, 0.717) is 0 Å². The van der Waals surface area contributed by atoms with Gasteiger partial charge < -0.3 is 15.0 Å². The summed E-state index contributed by atoms with van der Waals surface area (Å²) >= 11 is 0. The Morgan fingerprint density at radius 2 is 2.31 bits per heavy atom. The number of aromatic nitrogens is 1. The largest absolute Gasteiger partial charge is 0.477 e. The standard InChI is InChI=1S/C10H14N2O/c1-7-6-8(10(11)2-3-10)9-12(7)4-5-13-9/h6H,2-5,11H2,1H3. The molecule has 1 aromatic rings. The van der Waals surface area contributed by atoms with Gasteiger partial charge >= 0.3 is 0 Å². The van der Waals surface area contributed by atoms with Gasteiger partial charge in [-0.3, -0.25) is 0 Å². The zero-order valence-corrected chi connectivity index (χ0v) is 7.84. The molecule has 2 N–H and O–H groups in total. The van der Waals surface area contributed by atoms with Gasteiger partial charge in [-0.15, -0.1) is 0 Å². The van der Waals surface area contributed by atoms with E-state index in [2.05, 4.69) is 17.6 Å². The summed E-state index contributed by atoms with van der Waals surface area (Å²) in [7, 11) is 0. The molecule has 0 saturated heterocycles. The Morgan fingerprint density at radius 3 is 3.00 bits per heavy atom. The summed E-state index contributed by atoms with van der Waals surface area (Å²) in [5.74, 6) is 1.03. The van der Waals surface area contributed by atoms with E-state index < -0.39 is 0 Å². The molecule has 0 atom stereocenters. The smallest absolute Gasteiger partial charge is 0.199 e. The summed E-state index contributed by atoms with van der Waals surface area (Å²) in [4.78, 5) is 0. The molecule has 0 aromatic carbocycles. The van der Waals surface area contributed by atoms with Gasteiger partial charge in [0.25, 0.3) is 0 Å². The Labute approximate surface area is 77.5 Å². The number of rotatable bonds is 1. The van der Waals surface area contributed by atoms with Crippen LogP contribution >= 0.6 is 0 Å². The van der Waals surface area contributed by atoms with Crippen LogP contribution in [0, 0.1) is 6.92 Å². The minimum Gasteiger partial charge on any atom is -0.477 e. The second-order valence-electron chi connectivity index (χ2n) is 4.16. The van der Waals surface area contributed by atoms with Gasteiger partial charge in [0.15, 0.2) is 5.88 Å². The first kappa shape index (κ1) is 7.44. The van der Waals surface area contributed by atoms with Gasteiger partial charge in [-0.05, 0) is 25.8 Å². The number of hydrogen-bond acceptors (Lipinski definition) is 2. The van der Waals surface area contributed by atoms with Crippen LogP contribution in [0.4, 0.5) is 0 Å². The Balaban J connectivity index is 2.16. The number of nitrogens with two attached hydrogens (primary N) is 1. The second-order valence-corrected chi connectivity index (χ2v) is 4.16. The van der Waals surface area contributed by atoms with Gasteiger partial charge in [0, 0.05) is 16.8 Å². The molecule has 0 amide bonds. The zero-order valence-electron chi connectivity index (χ0n) is 7.84. The molecule has 70 valence electrons. The molecule has 2 aliphatic rings. The fourth-order valence-electron chi connectivity index (χ4n) is 2.08. The molecule has 1 fully saturated rings. The first-order valence-corrected chi connectivity index (χ1v) is 4.83. The Hall–Kier alpha value is -0.960. The summed E-state index contributed by atoms with van der Waals surface area (Å²) in [6.07, 6.45) is 2.21. The molecule has 0 unspecified atom stereocenters.